The van der Waals surface area contributed by atoms with Crippen LogP contribution in [0.5, 0.6) is 0 Å². The Morgan fingerprint density at radius 1 is 0.264 bits per heavy atom. The van der Waals surface area contributed by atoms with E-state index in [0.29, 0.717) is 17.6 Å². The molecule has 0 saturated carbocycles. The van der Waals surface area contributed by atoms with Gasteiger partial charge in [-0.05, 0) is 85.6 Å². The Bertz CT molecular complexity index is 4290. The molecule has 11 aromatic carbocycles. The van der Waals surface area contributed by atoms with Gasteiger partial charge in [0.25, 0.3) is 0 Å². The van der Waals surface area contributed by atoms with E-state index in [-0.39, 0.29) is 0 Å². The summed E-state index contributed by atoms with van der Waals surface area (Å²) in [6.07, 6.45) is 0. The average Bonchev–Trinajstić information content (AvgIpc) is 3.99. The predicted molar refractivity (Wildman–Crippen MR) is 299 cm³/mol. The molecule has 5 nitrogen and oxygen atoms in total. The van der Waals surface area contributed by atoms with E-state index in [1.807, 2.05) is 18.2 Å². The molecule has 0 bridgehead atoms. The van der Waals surface area contributed by atoms with Gasteiger partial charge in [0, 0.05) is 38.4 Å². The van der Waals surface area contributed by atoms with Crippen LogP contribution in [0.15, 0.2) is 261 Å². The number of benzene rings is 11. The maximum Gasteiger partial charge on any atom is 0.238 e. The van der Waals surface area contributed by atoms with Crippen molar-refractivity contribution >= 4 is 54.4 Å². The van der Waals surface area contributed by atoms with Crippen LogP contribution in [0.1, 0.15) is 0 Å². The van der Waals surface area contributed by atoms with Gasteiger partial charge in [-0.15, -0.1) is 0 Å². The van der Waals surface area contributed by atoms with Crippen molar-refractivity contribution in [2.24, 2.45) is 0 Å². The highest BCUT2D eigenvalue weighted by molar-refractivity contribution is 6.23. The fraction of sp³-hybridized carbons (Fsp3) is 0. The summed E-state index contributed by atoms with van der Waals surface area (Å²) in [5, 5.41) is 6.97. The van der Waals surface area contributed by atoms with Crippen LogP contribution in [0.2, 0.25) is 0 Å². The predicted octanol–water partition coefficient (Wildman–Crippen LogP) is 17.2. The minimum atomic E-state index is 0.544. The molecule has 0 amide bonds. The first kappa shape index (κ1) is 41.3. The van der Waals surface area contributed by atoms with Crippen LogP contribution in [0, 0.1) is 0 Å². The summed E-state index contributed by atoms with van der Waals surface area (Å²) in [7, 11) is 0. The summed E-state index contributed by atoms with van der Waals surface area (Å²) in [4.78, 5) is 16.1. The van der Waals surface area contributed by atoms with E-state index in [0.717, 1.165) is 82.9 Å². The second-order valence-corrected chi connectivity index (χ2v) is 18.4. The molecule has 0 saturated heterocycles. The molecule has 0 fully saturated rings. The monoisotopic (exact) mass is 917 g/mol. The fourth-order valence-corrected chi connectivity index (χ4v) is 10.9. The smallest absolute Gasteiger partial charge is 0.238 e. The van der Waals surface area contributed by atoms with Crippen LogP contribution in [0.4, 0.5) is 0 Å². The van der Waals surface area contributed by atoms with Crippen LogP contribution in [-0.2, 0) is 0 Å². The average molecular weight is 918 g/mol. The molecule has 5 heteroatoms. The van der Waals surface area contributed by atoms with Crippen molar-refractivity contribution < 1.29 is 0 Å². The molecule has 14 rings (SSSR count). The highest BCUT2D eigenvalue weighted by Crippen LogP contribution is 2.43. The van der Waals surface area contributed by atoms with Crippen LogP contribution in [0.3, 0.4) is 0 Å². The van der Waals surface area contributed by atoms with Crippen molar-refractivity contribution in [3.8, 4) is 78.9 Å². The first-order valence-corrected chi connectivity index (χ1v) is 24.4. The molecule has 336 valence electrons. The van der Waals surface area contributed by atoms with E-state index in [4.69, 9.17) is 15.0 Å². The van der Waals surface area contributed by atoms with Crippen molar-refractivity contribution in [2.45, 2.75) is 0 Å². The summed E-state index contributed by atoms with van der Waals surface area (Å²) in [5.74, 6) is 1.74. The van der Waals surface area contributed by atoms with Gasteiger partial charge in [0.15, 0.2) is 11.6 Å². The van der Waals surface area contributed by atoms with Gasteiger partial charge in [0.2, 0.25) is 5.95 Å². The van der Waals surface area contributed by atoms with Gasteiger partial charge in [-0.2, -0.15) is 9.97 Å². The zero-order valence-electron chi connectivity index (χ0n) is 39.1. The number of fused-ring (bicyclic) bond motifs is 8. The molecule has 72 heavy (non-hydrogen) atoms. The Morgan fingerprint density at radius 2 is 0.681 bits per heavy atom. The van der Waals surface area contributed by atoms with Crippen molar-refractivity contribution in [3.63, 3.8) is 0 Å². The molecule has 0 aliphatic rings. The Labute approximate surface area is 416 Å². The number of hydrogen-bond donors (Lipinski definition) is 0. The number of aromatic nitrogens is 5. The lowest BCUT2D eigenvalue weighted by Crippen LogP contribution is -2.07. The van der Waals surface area contributed by atoms with Gasteiger partial charge >= 0.3 is 0 Å². The van der Waals surface area contributed by atoms with Gasteiger partial charge in [-0.1, -0.05) is 231 Å². The molecule has 3 aromatic heterocycles. The first-order valence-electron chi connectivity index (χ1n) is 24.4. The summed E-state index contributed by atoms with van der Waals surface area (Å²) < 4.78 is 4.73. The largest absolute Gasteiger partial charge is 0.307 e. The van der Waals surface area contributed by atoms with Crippen molar-refractivity contribution in [3.05, 3.63) is 261 Å². The minimum Gasteiger partial charge on any atom is -0.307 e. The molecule has 0 aliphatic carbocycles. The van der Waals surface area contributed by atoms with Crippen LogP contribution in [-0.4, -0.2) is 24.1 Å². The third kappa shape index (κ3) is 6.90. The highest BCUT2D eigenvalue weighted by Gasteiger charge is 2.24. The third-order valence-electron chi connectivity index (χ3n) is 14.2. The molecule has 0 N–H and O–H groups in total. The summed E-state index contributed by atoms with van der Waals surface area (Å²) >= 11 is 0. The summed E-state index contributed by atoms with van der Waals surface area (Å²) in [5.41, 5.74) is 16.4. The van der Waals surface area contributed by atoms with Crippen LogP contribution >= 0.6 is 0 Å². The summed E-state index contributed by atoms with van der Waals surface area (Å²) in [6, 6.07) is 93.0. The zero-order valence-corrected chi connectivity index (χ0v) is 39.1. The Kier molecular flexibility index (Phi) is 9.78. The standard InChI is InChI=1S/C67H43N5/c1-5-19-44(20-6-1)51-41-52(45-21-7-2-8-22-45)43-53(42-51)71-60-33-15-13-29-56(60)58-39-40-59-57-30-14-16-34-61(57)72(64(59)63(58)71)67-69-65(49-25-11-4-12-26-49)68-66(70-67)50-37-35-47(36-38-50)55-32-18-28-48-27-17-31-54(62(48)55)46-23-9-3-10-24-46/h1-43H. The second-order valence-electron chi connectivity index (χ2n) is 18.4. The van der Waals surface area contributed by atoms with E-state index in [2.05, 4.69) is 252 Å². The van der Waals surface area contributed by atoms with Crippen molar-refractivity contribution in [2.75, 3.05) is 0 Å². The number of hydrogen-bond acceptors (Lipinski definition) is 3. The third-order valence-corrected chi connectivity index (χ3v) is 14.2. The van der Waals surface area contributed by atoms with Gasteiger partial charge in [-0.25, -0.2) is 4.98 Å². The van der Waals surface area contributed by atoms with Crippen molar-refractivity contribution in [1.82, 2.24) is 24.1 Å². The second kappa shape index (κ2) is 17.1. The Morgan fingerprint density at radius 3 is 1.22 bits per heavy atom. The topological polar surface area (TPSA) is 48.5 Å². The lowest BCUT2D eigenvalue weighted by atomic mass is 9.91. The molecule has 0 atom stereocenters. The first-order chi connectivity index (χ1) is 35.7. The maximum absolute atomic E-state index is 5.48. The maximum atomic E-state index is 5.48. The van der Waals surface area contributed by atoms with E-state index in [1.54, 1.807) is 0 Å². The lowest BCUT2D eigenvalue weighted by molar-refractivity contribution is 0.953. The van der Waals surface area contributed by atoms with Crippen LogP contribution < -0.4 is 0 Å². The lowest BCUT2D eigenvalue weighted by Gasteiger charge is -2.16. The number of rotatable bonds is 8. The summed E-state index contributed by atoms with van der Waals surface area (Å²) in [6.45, 7) is 0. The normalized spacial score (nSPS) is 11.6. The minimum absolute atomic E-state index is 0.544. The van der Waals surface area contributed by atoms with Gasteiger partial charge < -0.3 is 4.57 Å². The van der Waals surface area contributed by atoms with E-state index < -0.39 is 0 Å². The van der Waals surface area contributed by atoms with Gasteiger partial charge in [0.1, 0.15) is 0 Å². The zero-order chi connectivity index (χ0) is 47.5. The Balaban J connectivity index is 1.02. The Hall–Kier alpha value is -9.71. The van der Waals surface area contributed by atoms with E-state index >= 15 is 0 Å². The molecule has 0 radical (unpaired) electrons. The quantitative estimate of drug-likeness (QED) is 0.153. The molecular weight excluding hydrogens is 875 g/mol. The van der Waals surface area contributed by atoms with E-state index in [1.165, 1.54) is 32.8 Å². The number of para-hydroxylation sites is 2. The SMILES string of the molecule is c1ccc(-c2cc(-c3ccccc3)cc(-n3c4ccccc4c4ccc5c6ccccc6n(-c6nc(-c7ccccc7)nc(-c7ccc(-c8cccc9cccc(-c%10ccccc%10)c89)cc7)n6)c5c43)c2)cc1. The highest BCUT2D eigenvalue weighted by atomic mass is 15.2. The molecule has 0 aliphatic heterocycles. The molecular formula is C67H43N5. The van der Waals surface area contributed by atoms with Gasteiger partial charge in [0.05, 0.1) is 22.1 Å². The van der Waals surface area contributed by atoms with Crippen molar-refractivity contribution in [1.29, 1.82) is 0 Å². The number of nitrogens with zero attached hydrogens (tertiary/aromatic N) is 5. The molecule has 0 spiro atoms. The van der Waals surface area contributed by atoms with Gasteiger partial charge in [-0.3, -0.25) is 4.57 Å². The van der Waals surface area contributed by atoms with E-state index in [9.17, 15) is 0 Å². The van der Waals surface area contributed by atoms with Crippen LogP contribution in [0.25, 0.3) is 133 Å². The molecule has 3 heterocycles. The fourth-order valence-electron chi connectivity index (χ4n) is 10.9. The molecule has 14 aromatic rings. The molecule has 0 unspecified atom stereocenters.